The minimum absolute atomic E-state index is 0.00567. The minimum Gasteiger partial charge on any atom is -0.340 e. The van der Waals surface area contributed by atoms with E-state index in [0.717, 1.165) is 38.0 Å². The Morgan fingerprint density at radius 2 is 1.88 bits per heavy atom. The maximum absolute atomic E-state index is 12.7. The van der Waals surface area contributed by atoms with E-state index < -0.39 is 0 Å². The van der Waals surface area contributed by atoms with E-state index in [1.807, 2.05) is 23.1 Å². The third-order valence-electron chi connectivity index (χ3n) is 4.44. The Labute approximate surface area is 143 Å². The van der Waals surface area contributed by atoms with Crippen LogP contribution in [0, 0.1) is 0 Å². The normalized spacial score (nSPS) is 15.0. The predicted molar refractivity (Wildman–Crippen MR) is 95.5 cm³/mol. The van der Waals surface area contributed by atoms with Gasteiger partial charge in [-0.2, -0.15) is 0 Å². The van der Waals surface area contributed by atoms with Crippen LogP contribution in [-0.4, -0.2) is 33.9 Å². The van der Waals surface area contributed by atoms with E-state index in [9.17, 15) is 4.79 Å². The van der Waals surface area contributed by atoms with Gasteiger partial charge in [0.05, 0.1) is 0 Å². The van der Waals surface area contributed by atoms with Gasteiger partial charge in [-0.3, -0.25) is 4.79 Å². The van der Waals surface area contributed by atoms with Crippen molar-refractivity contribution in [3.05, 3.63) is 47.9 Å². The molecular formula is C19H24N4O. The Bertz CT molecular complexity index is 693. The highest BCUT2D eigenvalue weighted by Gasteiger charge is 2.19. The van der Waals surface area contributed by atoms with Crippen LogP contribution in [0.3, 0.4) is 0 Å². The second-order valence-electron chi connectivity index (χ2n) is 6.13. The minimum atomic E-state index is 0.00567. The zero-order valence-electron chi connectivity index (χ0n) is 14.2. The molecule has 126 valence electrons. The molecule has 5 heteroatoms. The first-order chi connectivity index (χ1) is 11.8. The SMILES string of the molecule is CCc1ccccc1Nc1cc(C(=O)N2CCCCCC2)ncn1. The van der Waals surface area contributed by atoms with Gasteiger partial charge in [0.2, 0.25) is 0 Å². The number of likely N-dealkylation sites (tertiary alicyclic amines) is 1. The Hall–Kier alpha value is -2.43. The van der Waals surface area contributed by atoms with Crippen LogP contribution < -0.4 is 5.32 Å². The molecule has 0 atom stereocenters. The van der Waals surface area contributed by atoms with Gasteiger partial charge in [-0.25, -0.2) is 9.97 Å². The first kappa shape index (κ1) is 16.4. The third-order valence-corrected chi connectivity index (χ3v) is 4.44. The van der Waals surface area contributed by atoms with Crippen LogP contribution >= 0.6 is 0 Å². The van der Waals surface area contributed by atoms with E-state index in [1.54, 1.807) is 6.07 Å². The molecule has 3 rings (SSSR count). The molecule has 1 amide bonds. The Morgan fingerprint density at radius 3 is 2.62 bits per heavy atom. The molecule has 0 aliphatic carbocycles. The summed E-state index contributed by atoms with van der Waals surface area (Å²) >= 11 is 0. The number of nitrogens with zero attached hydrogens (tertiary/aromatic N) is 3. The number of carbonyl (C=O) groups is 1. The predicted octanol–water partition coefficient (Wildman–Crippen LogP) is 3.80. The summed E-state index contributed by atoms with van der Waals surface area (Å²) in [5.41, 5.74) is 2.70. The summed E-state index contributed by atoms with van der Waals surface area (Å²) in [6.45, 7) is 3.77. The molecule has 1 aromatic carbocycles. The second-order valence-corrected chi connectivity index (χ2v) is 6.13. The highest BCUT2D eigenvalue weighted by molar-refractivity contribution is 5.93. The van der Waals surface area contributed by atoms with Gasteiger partial charge in [-0.15, -0.1) is 0 Å². The number of benzene rings is 1. The van der Waals surface area contributed by atoms with E-state index in [1.165, 1.54) is 24.7 Å². The van der Waals surface area contributed by atoms with Crippen molar-refractivity contribution in [2.75, 3.05) is 18.4 Å². The number of rotatable bonds is 4. The highest BCUT2D eigenvalue weighted by Crippen LogP contribution is 2.20. The van der Waals surface area contributed by atoms with Gasteiger partial charge >= 0.3 is 0 Å². The number of carbonyl (C=O) groups excluding carboxylic acids is 1. The van der Waals surface area contributed by atoms with Gasteiger partial charge < -0.3 is 10.2 Å². The molecule has 0 spiro atoms. The molecular weight excluding hydrogens is 300 g/mol. The van der Waals surface area contributed by atoms with E-state index in [4.69, 9.17) is 0 Å². The van der Waals surface area contributed by atoms with Crippen molar-refractivity contribution in [3.63, 3.8) is 0 Å². The smallest absolute Gasteiger partial charge is 0.272 e. The van der Waals surface area contributed by atoms with Crippen LogP contribution in [0.5, 0.6) is 0 Å². The molecule has 2 aromatic rings. The van der Waals surface area contributed by atoms with Gasteiger partial charge in [0.1, 0.15) is 17.8 Å². The molecule has 24 heavy (non-hydrogen) atoms. The summed E-state index contributed by atoms with van der Waals surface area (Å²) in [7, 11) is 0. The lowest BCUT2D eigenvalue weighted by molar-refractivity contribution is 0.0755. The molecule has 1 aromatic heterocycles. The number of hydrogen-bond acceptors (Lipinski definition) is 4. The monoisotopic (exact) mass is 324 g/mol. The average Bonchev–Trinajstić information content (AvgIpc) is 2.91. The van der Waals surface area contributed by atoms with Crippen molar-refractivity contribution in [2.24, 2.45) is 0 Å². The summed E-state index contributed by atoms with van der Waals surface area (Å²) in [4.78, 5) is 23.1. The molecule has 0 unspecified atom stereocenters. The lowest BCUT2D eigenvalue weighted by Gasteiger charge is -2.20. The molecule has 1 fully saturated rings. The van der Waals surface area contributed by atoms with Crippen LogP contribution in [-0.2, 0) is 6.42 Å². The van der Waals surface area contributed by atoms with Crippen molar-refractivity contribution < 1.29 is 4.79 Å². The van der Waals surface area contributed by atoms with Gasteiger partial charge in [0, 0.05) is 24.8 Å². The molecule has 0 bridgehead atoms. The van der Waals surface area contributed by atoms with Crippen LogP contribution in [0.25, 0.3) is 0 Å². The first-order valence-corrected chi connectivity index (χ1v) is 8.74. The number of amides is 1. The lowest BCUT2D eigenvalue weighted by Crippen LogP contribution is -2.32. The summed E-state index contributed by atoms with van der Waals surface area (Å²) in [6, 6.07) is 9.88. The summed E-state index contributed by atoms with van der Waals surface area (Å²) in [5.74, 6) is 0.662. The van der Waals surface area contributed by atoms with Crippen molar-refractivity contribution in [1.29, 1.82) is 0 Å². The van der Waals surface area contributed by atoms with Crippen molar-refractivity contribution in [2.45, 2.75) is 39.0 Å². The number of nitrogens with one attached hydrogen (secondary N) is 1. The van der Waals surface area contributed by atoms with Crippen molar-refractivity contribution >= 4 is 17.4 Å². The standard InChI is InChI=1S/C19H24N4O/c1-2-15-9-5-6-10-16(15)22-18-13-17(20-14-21-18)19(24)23-11-7-3-4-8-12-23/h5-6,9-10,13-14H,2-4,7-8,11-12H2,1H3,(H,20,21,22). The molecule has 1 aliphatic rings. The summed E-state index contributed by atoms with van der Waals surface area (Å²) in [6.07, 6.45) is 6.95. The quantitative estimate of drug-likeness (QED) is 0.929. The van der Waals surface area contributed by atoms with E-state index in [-0.39, 0.29) is 5.91 Å². The first-order valence-electron chi connectivity index (χ1n) is 8.74. The maximum atomic E-state index is 12.7. The van der Waals surface area contributed by atoms with Gasteiger partial charge in [0.25, 0.3) is 5.91 Å². The molecule has 1 aliphatic heterocycles. The number of aryl methyl sites for hydroxylation is 1. The molecule has 2 heterocycles. The fourth-order valence-corrected chi connectivity index (χ4v) is 3.07. The largest absolute Gasteiger partial charge is 0.340 e. The molecule has 1 saturated heterocycles. The topological polar surface area (TPSA) is 58.1 Å². The Morgan fingerprint density at radius 1 is 1.12 bits per heavy atom. The summed E-state index contributed by atoms with van der Waals surface area (Å²) in [5, 5.41) is 3.31. The van der Waals surface area contributed by atoms with Gasteiger partial charge in [-0.05, 0) is 30.9 Å². The Balaban J connectivity index is 1.77. The number of para-hydroxylation sites is 1. The number of aromatic nitrogens is 2. The van der Waals surface area contributed by atoms with E-state index in [0.29, 0.717) is 11.5 Å². The number of hydrogen-bond donors (Lipinski definition) is 1. The summed E-state index contributed by atoms with van der Waals surface area (Å²) < 4.78 is 0. The Kier molecular flexibility index (Phi) is 5.41. The zero-order valence-corrected chi connectivity index (χ0v) is 14.2. The van der Waals surface area contributed by atoms with E-state index in [2.05, 4.69) is 28.3 Å². The van der Waals surface area contributed by atoms with Crippen LogP contribution in [0.15, 0.2) is 36.7 Å². The fraction of sp³-hybridized carbons (Fsp3) is 0.421. The van der Waals surface area contributed by atoms with Gasteiger partial charge in [-0.1, -0.05) is 38.0 Å². The fourth-order valence-electron chi connectivity index (χ4n) is 3.07. The van der Waals surface area contributed by atoms with Crippen LogP contribution in [0.1, 0.15) is 48.7 Å². The maximum Gasteiger partial charge on any atom is 0.272 e. The molecule has 0 radical (unpaired) electrons. The average molecular weight is 324 g/mol. The van der Waals surface area contributed by atoms with Crippen LogP contribution in [0.4, 0.5) is 11.5 Å². The van der Waals surface area contributed by atoms with Crippen molar-refractivity contribution in [3.8, 4) is 0 Å². The lowest BCUT2D eigenvalue weighted by atomic mass is 10.1. The van der Waals surface area contributed by atoms with E-state index >= 15 is 0 Å². The number of anilines is 2. The molecule has 0 saturated carbocycles. The third kappa shape index (κ3) is 3.91. The second kappa shape index (κ2) is 7.90. The zero-order chi connectivity index (χ0) is 16.8. The van der Waals surface area contributed by atoms with Crippen molar-refractivity contribution in [1.82, 2.24) is 14.9 Å². The molecule has 1 N–H and O–H groups in total. The van der Waals surface area contributed by atoms with Gasteiger partial charge in [0.15, 0.2) is 0 Å². The molecule has 5 nitrogen and oxygen atoms in total. The van der Waals surface area contributed by atoms with Crippen LogP contribution in [0.2, 0.25) is 0 Å². The highest BCUT2D eigenvalue weighted by atomic mass is 16.2.